The van der Waals surface area contributed by atoms with Crippen molar-refractivity contribution in [1.29, 1.82) is 0 Å². The number of para-hydroxylation sites is 1. The van der Waals surface area contributed by atoms with E-state index in [0.717, 1.165) is 51.3 Å². The number of ether oxygens (including phenoxy) is 1. The first-order chi connectivity index (χ1) is 17.4. The molecule has 4 rings (SSSR count). The molecule has 0 saturated carbocycles. The number of benzene rings is 2. The van der Waals surface area contributed by atoms with Gasteiger partial charge in [-0.3, -0.25) is 9.69 Å². The van der Waals surface area contributed by atoms with Crippen molar-refractivity contribution in [2.24, 2.45) is 0 Å². The molecule has 2 aliphatic rings. The van der Waals surface area contributed by atoms with Crippen LogP contribution in [0.5, 0.6) is 0 Å². The Labute approximate surface area is 215 Å². The third-order valence-electron chi connectivity index (χ3n) is 6.05. The lowest BCUT2D eigenvalue weighted by Gasteiger charge is -2.28. The van der Waals surface area contributed by atoms with Gasteiger partial charge >= 0.3 is 0 Å². The zero-order valence-electron chi connectivity index (χ0n) is 20.4. The molecule has 0 radical (unpaired) electrons. The van der Waals surface area contributed by atoms with Gasteiger partial charge < -0.3 is 29.4 Å². The summed E-state index contributed by atoms with van der Waals surface area (Å²) in [6.45, 7) is 8.32. The van der Waals surface area contributed by atoms with Crippen LogP contribution in [0.1, 0.15) is 36.5 Å². The average Bonchev–Trinajstić information content (AvgIpc) is 2.88. The largest absolute Gasteiger partial charge is 0.545 e. The van der Waals surface area contributed by atoms with Crippen molar-refractivity contribution >= 4 is 40.9 Å². The molecule has 9 heteroatoms. The molecule has 0 aromatic heterocycles. The topological polar surface area (TPSA) is 115 Å². The number of nitrogens with one attached hydrogen (secondary N) is 2. The fourth-order valence-electron chi connectivity index (χ4n) is 4.30. The van der Waals surface area contributed by atoms with E-state index in [1.165, 1.54) is 32.6 Å². The minimum atomic E-state index is -1.55. The number of aliphatic carboxylic acids is 2. The van der Waals surface area contributed by atoms with Gasteiger partial charge in [0, 0.05) is 30.5 Å². The van der Waals surface area contributed by atoms with Crippen LogP contribution in [-0.2, 0) is 14.3 Å². The zero-order chi connectivity index (χ0) is 25.9. The number of carboxylic acid groups (broad SMARTS) is 2. The minimum absolute atomic E-state index is 0.256. The van der Waals surface area contributed by atoms with Gasteiger partial charge in [-0.25, -0.2) is 0 Å². The van der Waals surface area contributed by atoms with Gasteiger partial charge in [0.05, 0.1) is 48.0 Å². The third-order valence-corrected chi connectivity index (χ3v) is 7.20. The Morgan fingerprint density at radius 1 is 0.944 bits per heavy atom. The lowest BCUT2D eigenvalue weighted by molar-refractivity contribution is -0.910. The van der Waals surface area contributed by atoms with Gasteiger partial charge in [0.25, 0.3) is 0 Å². The highest BCUT2D eigenvalue weighted by atomic mass is 32.2. The van der Waals surface area contributed by atoms with Crippen LogP contribution in [0, 0.1) is 0 Å². The smallest absolute Gasteiger partial charge is 0.163 e. The van der Waals surface area contributed by atoms with E-state index in [1.807, 2.05) is 17.8 Å². The van der Waals surface area contributed by atoms with Gasteiger partial charge in [0.1, 0.15) is 18.8 Å². The van der Waals surface area contributed by atoms with Crippen LogP contribution in [0.15, 0.2) is 64.4 Å². The summed E-state index contributed by atoms with van der Waals surface area (Å²) in [5, 5.41) is 18.8. The van der Waals surface area contributed by atoms with Crippen molar-refractivity contribution in [2.45, 2.75) is 36.0 Å². The Balaban J connectivity index is 0.000000392. The second-order valence-electron chi connectivity index (χ2n) is 8.65. The molecule has 2 aromatic rings. The van der Waals surface area contributed by atoms with Crippen molar-refractivity contribution in [3.8, 4) is 0 Å². The summed E-state index contributed by atoms with van der Waals surface area (Å²) in [6, 6.07) is 15.0. The minimum Gasteiger partial charge on any atom is -0.545 e. The highest BCUT2D eigenvalue weighted by molar-refractivity contribution is 7.99. The first-order valence-corrected chi connectivity index (χ1v) is 13.0. The monoisotopic (exact) mass is 512 g/mol. The number of hydrogen-bond acceptors (Lipinski definition) is 7. The van der Waals surface area contributed by atoms with Gasteiger partial charge in [-0.15, -0.1) is 0 Å². The van der Waals surface area contributed by atoms with Crippen molar-refractivity contribution in [1.82, 2.24) is 0 Å². The molecule has 2 heterocycles. The maximum Gasteiger partial charge on any atom is 0.163 e. The second-order valence-corrected chi connectivity index (χ2v) is 9.73. The molecule has 0 aliphatic carbocycles. The standard InChI is InChI=1S/C23H28N2O2S.C4H4O4/c1-2-6-21(26)18-9-10-23-20(17-18)25(19-7-3-4-8-22(19)28-23)12-5-11-24-13-15-27-16-14-24;5-3(6)1-2-4(7)8/h3-4,7-10,17H,2,5-6,11-16H2,1H3;1-2H,(H,5,6)(H,7,8)/b;2-1+. The Morgan fingerprint density at radius 2 is 1.61 bits per heavy atom. The fraction of sp³-hybridized carbons (Fsp3) is 0.370. The normalized spacial score (nSPS) is 17.0. The maximum absolute atomic E-state index is 12.5. The average molecular weight is 513 g/mol. The van der Waals surface area contributed by atoms with Crippen molar-refractivity contribution < 1.29 is 39.1 Å². The lowest BCUT2D eigenvalue weighted by atomic mass is 10.1. The molecule has 1 saturated heterocycles. The molecular weight excluding hydrogens is 480 g/mol. The highest BCUT2D eigenvalue weighted by Gasteiger charge is 2.29. The molecule has 0 spiro atoms. The maximum atomic E-state index is 12.5. The molecule has 0 amide bonds. The molecule has 2 N–H and O–H groups in total. The number of hydrogen-bond donors (Lipinski definition) is 2. The van der Waals surface area contributed by atoms with Crippen LogP contribution in [0.4, 0.5) is 11.4 Å². The molecule has 192 valence electrons. The van der Waals surface area contributed by atoms with E-state index in [2.05, 4.69) is 43.3 Å². The van der Waals surface area contributed by atoms with E-state index in [4.69, 9.17) is 4.74 Å². The predicted molar refractivity (Wildman–Crippen MR) is 132 cm³/mol. The van der Waals surface area contributed by atoms with Crippen LogP contribution in [0.2, 0.25) is 0 Å². The van der Waals surface area contributed by atoms with Gasteiger partial charge in [-0.05, 0) is 36.8 Å². The number of Topliss-reactive ketones (excluding diaryl/α,β-unsaturated/α-hetero) is 1. The van der Waals surface area contributed by atoms with Crippen molar-refractivity contribution in [3.05, 3.63) is 60.2 Å². The first kappa shape index (κ1) is 27.6. The van der Waals surface area contributed by atoms with Gasteiger partial charge in [0.15, 0.2) is 11.5 Å². The summed E-state index contributed by atoms with van der Waals surface area (Å²) in [5.41, 5.74) is 3.47. The molecular formula is C27H32N2O6S. The van der Waals surface area contributed by atoms with Crippen LogP contribution in [-0.4, -0.2) is 57.1 Å². The lowest BCUT2D eigenvalue weighted by Crippen LogP contribution is -3.14. The number of quaternary nitrogens is 2. The number of rotatable bonds is 9. The molecule has 1 unspecified atom stereocenters. The van der Waals surface area contributed by atoms with E-state index in [1.54, 1.807) is 4.90 Å². The molecule has 8 nitrogen and oxygen atoms in total. The van der Waals surface area contributed by atoms with Crippen LogP contribution in [0.25, 0.3) is 0 Å². The summed E-state index contributed by atoms with van der Waals surface area (Å²) in [6.07, 6.45) is 3.45. The van der Waals surface area contributed by atoms with E-state index < -0.39 is 11.9 Å². The van der Waals surface area contributed by atoms with Crippen LogP contribution in [0.3, 0.4) is 0 Å². The number of morpholine rings is 1. The van der Waals surface area contributed by atoms with Gasteiger partial charge in [-0.1, -0.05) is 30.8 Å². The van der Waals surface area contributed by atoms with Crippen molar-refractivity contribution in [3.63, 3.8) is 0 Å². The van der Waals surface area contributed by atoms with E-state index >= 15 is 0 Å². The van der Waals surface area contributed by atoms with Gasteiger partial charge in [0.2, 0.25) is 0 Å². The number of carbonyl (C=O) groups excluding carboxylic acids is 3. The Kier molecular flexibility index (Phi) is 10.7. The van der Waals surface area contributed by atoms with E-state index in [-0.39, 0.29) is 5.78 Å². The molecule has 1 fully saturated rings. The predicted octanol–water partition coefficient (Wildman–Crippen LogP) is -0.670. The van der Waals surface area contributed by atoms with Crippen LogP contribution < -0.4 is 20.0 Å². The van der Waals surface area contributed by atoms with E-state index in [9.17, 15) is 24.6 Å². The zero-order valence-corrected chi connectivity index (χ0v) is 21.2. The third kappa shape index (κ3) is 8.03. The molecule has 36 heavy (non-hydrogen) atoms. The molecule has 2 aromatic carbocycles. The quantitative estimate of drug-likeness (QED) is 0.338. The van der Waals surface area contributed by atoms with Crippen LogP contribution >= 0.6 is 11.8 Å². The summed E-state index contributed by atoms with van der Waals surface area (Å²) >= 11 is 1.83. The second kappa shape index (κ2) is 13.9. The van der Waals surface area contributed by atoms with E-state index in [0.29, 0.717) is 18.6 Å². The molecule has 2 aliphatic heterocycles. The SMILES string of the molecule is CCCC(=O)c1ccc2c(c1)[NH+](CCC[NH+]1CCOCC1)c1ccccc1S2.O=C([O-])/C=C/C(=O)[O-]. The number of ketones is 1. The highest BCUT2D eigenvalue weighted by Crippen LogP contribution is 2.40. The number of fused-ring (bicyclic) bond motifs is 2. The van der Waals surface area contributed by atoms with Gasteiger partial charge in [-0.2, -0.15) is 0 Å². The summed E-state index contributed by atoms with van der Waals surface area (Å²) in [7, 11) is 0. The first-order valence-electron chi connectivity index (χ1n) is 12.2. The Hall–Kier alpha value is -2.98. The summed E-state index contributed by atoms with van der Waals surface area (Å²) < 4.78 is 5.48. The summed E-state index contributed by atoms with van der Waals surface area (Å²) in [5.74, 6) is -2.84. The molecule has 1 atom stereocenters. The Bertz CT molecular complexity index is 1080. The number of carbonyl (C=O) groups is 3. The summed E-state index contributed by atoms with van der Waals surface area (Å²) in [4.78, 5) is 37.0. The fourth-order valence-corrected chi connectivity index (χ4v) is 5.41. The Morgan fingerprint density at radius 3 is 2.28 bits per heavy atom. The molecule has 0 bridgehead atoms. The van der Waals surface area contributed by atoms with Crippen molar-refractivity contribution in [2.75, 3.05) is 39.4 Å². The number of carboxylic acids is 2.